The number of nitriles is 1. The summed E-state index contributed by atoms with van der Waals surface area (Å²) in [4.78, 5) is 27.7. The third-order valence-electron chi connectivity index (χ3n) is 6.98. The van der Waals surface area contributed by atoms with E-state index in [9.17, 15) is 23.1 Å². The molecule has 10 nitrogen and oxygen atoms in total. The lowest BCUT2D eigenvalue weighted by molar-refractivity contribution is 0.0724. The first-order valence-corrected chi connectivity index (χ1v) is 12.9. The Hall–Kier alpha value is -3.23. The average molecular weight is 500 g/mol. The monoisotopic (exact) mass is 499 g/mol. The Labute approximate surface area is 204 Å². The van der Waals surface area contributed by atoms with Crippen molar-refractivity contribution in [2.24, 2.45) is 7.05 Å². The zero-order chi connectivity index (χ0) is 25.6. The minimum absolute atomic E-state index is 0.0580. The maximum Gasteiger partial charge on any atom is 0.272 e. The summed E-state index contributed by atoms with van der Waals surface area (Å²) < 4.78 is 25.4. The van der Waals surface area contributed by atoms with E-state index in [4.69, 9.17) is 5.26 Å². The fraction of sp³-hybridized carbons (Fsp3) is 0.500. The number of benzene rings is 1. The summed E-state index contributed by atoms with van der Waals surface area (Å²) in [6.07, 6.45) is 1.28. The number of fused-ring (bicyclic) bond motifs is 1. The van der Waals surface area contributed by atoms with Gasteiger partial charge in [0.05, 0.1) is 27.7 Å². The Morgan fingerprint density at radius 1 is 1.29 bits per heavy atom. The molecule has 0 radical (unpaired) electrons. The molecule has 1 saturated carbocycles. The molecule has 2 aromatic rings. The Bertz CT molecular complexity index is 1320. The van der Waals surface area contributed by atoms with Crippen LogP contribution in [0.5, 0.6) is 0 Å². The highest BCUT2D eigenvalue weighted by molar-refractivity contribution is 7.94. The van der Waals surface area contributed by atoms with Crippen LogP contribution in [0.15, 0.2) is 24.3 Å². The van der Waals surface area contributed by atoms with E-state index in [2.05, 4.69) is 10.4 Å². The Morgan fingerprint density at radius 2 is 1.94 bits per heavy atom. The number of nitrogens with one attached hydrogen (secondary N) is 1. The number of amides is 2. The van der Waals surface area contributed by atoms with Crippen LogP contribution < -0.4 is 5.32 Å². The van der Waals surface area contributed by atoms with Gasteiger partial charge in [0.15, 0.2) is 15.5 Å². The highest BCUT2D eigenvalue weighted by atomic mass is 32.2. The molecular formula is C24H29N5O5S. The van der Waals surface area contributed by atoms with Crippen LogP contribution in [0.2, 0.25) is 0 Å². The number of aliphatic hydroxyl groups is 1. The summed E-state index contributed by atoms with van der Waals surface area (Å²) >= 11 is 0. The van der Waals surface area contributed by atoms with Crippen LogP contribution >= 0.6 is 0 Å². The van der Waals surface area contributed by atoms with Gasteiger partial charge in [-0.15, -0.1) is 0 Å². The molecule has 1 fully saturated rings. The van der Waals surface area contributed by atoms with Crippen LogP contribution in [0.25, 0.3) is 0 Å². The molecule has 0 bridgehead atoms. The summed E-state index contributed by atoms with van der Waals surface area (Å²) in [5.74, 6) is -0.755. The van der Waals surface area contributed by atoms with Crippen molar-refractivity contribution >= 4 is 21.7 Å². The van der Waals surface area contributed by atoms with E-state index >= 15 is 0 Å². The molecule has 0 atom stereocenters. The van der Waals surface area contributed by atoms with E-state index in [1.165, 1.54) is 23.4 Å². The van der Waals surface area contributed by atoms with Crippen molar-refractivity contribution < 1.29 is 23.1 Å². The molecule has 0 saturated heterocycles. The molecule has 1 aliphatic carbocycles. The van der Waals surface area contributed by atoms with Crippen LogP contribution in [0.1, 0.15) is 64.4 Å². The van der Waals surface area contributed by atoms with E-state index in [1.807, 2.05) is 6.07 Å². The number of hydrogen-bond donors (Lipinski definition) is 2. The second-order valence-corrected chi connectivity index (χ2v) is 12.8. The first-order valence-electron chi connectivity index (χ1n) is 11.4. The van der Waals surface area contributed by atoms with Crippen molar-refractivity contribution in [3.63, 3.8) is 0 Å². The molecule has 186 valence electrons. The van der Waals surface area contributed by atoms with Crippen molar-refractivity contribution in [2.75, 3.05) is 19.7 Å². The van der Waals surface area contributed by atoms with Crippen molar-refractivity contribution in [3.05, 3.63) is 52.3 Å². The predicted molar refractivity (Wildman–Crippen MR) is 127 cm³/mol. The molecule has 0 unspecified atom stereocenters. The van der Waals surface area contributed by atoms with Gasteiger partial charge in [0.1, 0.15) is 5.69 Å². The molecule has 11 heteroatoms. The lowest BCUT2D eigenvalue weighted by Gasteiger charge is -2.34. The maximum atomic E-state index is 13.3. The molecule has 35 heavy (non-hydrogen) atoms. The van der Waals surface area contributed by atoms with Crippen LogP contribution in [0.3, 0.4) is 0 Å². The summed E-state index contributed by atoms with van der Waals surface area (Å²) in [5, 5.41) is 25.6. The minimum Gasteiger partial charge on any atom is -0.395 e. The number of sulfone groups is 1. The summed E-state index contributed by atoms with van der Waals surface area (Å²) in [5.41, 5.74) is 2.37. The summed E-state index contributed by atoms with van der Waals surface area (Å²) in [6.45, 7) is 3.10. The Morgan fingerprint density at radius 3 is 2.51 bits per heavy atom. The average Bonchev–Trinajstić information content (AvgIpc) is 3.56. The summed E-state index contributed by atoms with van der Waals surface area (Å²) in [7, 11) is -2.09. The number of aryl methyl sites for hydroxylation is 1. The predicted octanol–water partition coefficient (Wildman–Crippen LogP) is 0.938. The van der Waals surface area contributed by atoms with Gasteiger partial charge in [-0.25, -0.2) is 8.42 Å². The normalized spacial score (nSPS) is 17.0. The zero-order valence-corrected chi connectivity index (χ0v) is 20.9. The molecular weight excluding hydrogens is 470 g/mol. The number of aliphatic hydroxyl groups excluding tert-OH is 1. The third kappa shape index (κ3) is 4.21. The van der Waals surface area contributed by atoms with Gasteiger partial charge in [-0.05, 0) is 50.8 Å². The second kappa shape index (κ2) is 8.77. The first kappa shape index (κ1) is 24.9. The Kier molecular flexibility index (Phi) is 6.23. The highest BCUT2D eigenvalue weighted by Crippen LogP contribution is 2.49. The number of carbonyl (C=O) groups is 2. The number of hydrogen-bond acceptors (Lipinski definition) is 7. The quantitative estimate of drug-likeness (QED) is 0.550. The lowest BCUT2D eigenvalue weighted by atomic mass is 10.0. The van der Waals surface area contributed by atoms with E-state index in [-0.39, 0.29) is 36.9 Å². The molecule has 1 aromatic carbocycles. The van der Waals surface area contributed by atoms with E-state index in [0.717, 1.165) is 5.56 Å². The minimum atomic E-state index is -3.68. The highest BCUT2D eigenvalue weighted by Gasteiger charge is 2.60. The molecule has 1 aliphatic heterocycles. The Balaban J connectivity index is 1.50. The van der Waals surface area contributed by atoms with Gasteiger partial charge in [-0.1, -0.05) is 12.1 Å². The van der Waals surface area contributed by atoms with Crippen molar-refractivity contribution in [1.29, 1.82) is 5.26 Å². The zero-order valence-electron chi connectivity index (χ0n) is 20.0. The van der Waals surface area contributed by atoms with Crippen molar-refractivity contribution in [2.45, 2.75) is 49.1 Å². The van der Waals surface area contributed by atoms with E-state index in [1.54, 1.807) is 31.3 Å². The molecule has 1 aromatic heterocycles. The SMILES string of the molecule is Cn1nc(C(=O)NCc2ccc(C#N)cc2)c2c1C(=O)N(CC1(S(=O)(=O)C(C)(C)CO)CC1)CC2. The fourth-order valence-corrected chi connectivity index (χ4v) is 6.84. The van der Waals surface area contributed by atoms with E-state index < -0.39 is 31.8 Å². The second-order valence-electron chi connectivity index (χ2n) is 9.87. The van der Waals surface area contributed by atoms with Gasteiger partial charge in [0, 0.05) is 32.2 Å². The van der Waals surface area contributed by atoms with Crippen LogP contribution in [-0.4, -0.2) is 69.2 Å². The van der Waals surface area contributed by atoms with Gasteiger partial charge in [-0.3, -0.25) is 14.3 Å². The van der Waals surface area contributed by atoms with Gasteiger partial charge in [0.25, 0.3) is 11.8 Å². The van der Waals surface area contributed by atoms with Gasteiger partial charge in [0.2, 0.25) is 0 Å². The van der Waals surface area contributed by atoms with Crippen molar-refractivity contribution in [3.8, 4) is 6.07 Å². The van der Waals surface area contributed by atoms with Gasteiger partial charge in [-0.2, -0.15) is 10.4 Å². The number of rotatable bonds is 8. The number of nitrogens with zero attached hydrogens (tertiary/aromatic N) is 4. The molecule has 0 spiro atoms. The van der Waals surface area contributed by atoms with Crippen LogP contribution in [0, 0.1) is 11.3 Å². The fourth-order valence-electron chi connectivity index (χ4n) is 4.54. The topological polar surface area (TPSA) is 145 Å². The number of aromatic nitrogens is 2. The molecule has 4 rings (SSSR count). The standard InChI is InChI=1S/C24H29N5O5S/c1-23(2,15-30)35(33,34)24(9-10-24)14-29-11-8-18-19(27-28(3)20(18)22(29)32)21(31)26-13-17-6-4-16(12-25)5-7-17/h4-7,30H,8-11,13-15H2,1-3H3,(H,26,31). The smallest absolute Gasteiger partial charge is 0.272 e. The summed E-state index contributed by atoms with van der Waals surface area (Å²) in [6, 6.07) is 8.91. The molecule has 2 amide bonds. The lowest BCUT2D eigenvalue weighted by Crippen LogP contribution is -2.51. The van der Waals surface area contributed by atoms with Crippen molar-refractivity contribution in [1.82, 2.24) is 20.0 Å². The molecule has 2 aliphatic rings. The number of carbonyl (C=O) groups excluding carboxylic acids is 2. The molecule has 2 heterocycles. The maximum absolute atomic E-state index is 13.3. The van der Waals surface area contributed by atoms with E-state index in [0.29, 0.717) is 30.4 Å². The van der Waals surface area contributed by atoms with Crippen LogP contribution in [-0.2, 0) is 29.9 Å². The van der Waals surface area contributed by atoms with Gasteiger partial charge >= 0.3 is 0 Å². The van der Waals surface area contributed by atoms with Crippen LogP contribution in [0.4, 0.5) is 0 Å². The first-order chi connectivity index (χ1) is 16.5. The molecule has 2 N–H and O–H groups in total. The third-order valence-corrected chi connectivity index (χ3v) is 10.2. The largest absolute Gasteiger partial charge is 0.395 e. The van der Waals surface area contributed by atoms with Gasteiger partial charge < -0.3 is 15.3 Å².